The Morgan fingerprint density at radius 1 is 1.33 bits per heavy atom. The fourth-order valence-electron chi connectivity index (χ4n) is 0.922. The van der Waals surface area contributed by atoms with Crippen molar-refractivity contribution >= 4 is 0 Å². The SMILES string of the molecule is NC[C@@H](N)CC(/C=C\F)=C/C=C/C(F)F. The van der Waals surface area contributed by atoms with Crippen molar-refractivity contribution in [1.29, 1.82) is 0 Å². The van der Waals surface area contributed by atoms with Crippen molar-refractivity contribution in [3.8, 4) is 0 Å². The maximum atomic E-state index is 11.9. The van der Waals surface area contributed by atoms with E-state index in [9.17, 15) is 13.2 Å². The predicted molar refractivity (Wildman–Crippen MR) is 55.1 cm³/mol. The second kappa shape index (κ2) is 8.26. The van der Waals surface area contributed by atoms with Crippen LogP contribution in [-0.2, 0) is 0 Å². The molecule has 0 fully saturated rings. The molecule has 0 amide bonds. The Balaban J connectivity index is 4.37. The smallest absolute Gasteiger partial charge is 0.257 e. The fraction of sp³-hybridized carbons (Fsp3) is 0.400. The second-order valence-electron chi connectivity index (χ2n) is 2.95. The van der Waals surface area contributed by atoms with Crippen LogP contribution in [0.2, 0.25) is 0 Å². The van der Waals surface area contributed by atoms with E-state index in [1.54, 1.807) is 0 Å². The van der Waals surface area contributed by atoms with Crippen molar-refractivity contribution < 1.29 is 13.2 Å². The summed E-state index contributed by atoms with van der Waals surface area (Å²) in [6, 6.07) is -0.299. The van der Waals surface area contributed by atoms with Crippen LogP contribution in [0.15, 0.2) is 36.2 Å². The van der Waals surface area contributed by atoms with Gasteiger partial charge in [0.25, 0.3) is 6.43 Å². The molecule has 2 nitrogen and oxygen atoms in total. The molecule has 15 heavy (non-hydrogen) atoms. The summed E-state index contributed by atoms with van der Waals surface area (Å²) >= 11 is 0. The van der Waals surface area contributed by atoms with Gasteiger partial charge < -0.3 is 11.5 Å². The van der Waals surface area contributed by atoms with Gasteiger partial charge in [-0.05, 0) is 24.1 Å². The van der Waals surface area contributed by atoms with Gasteiger partial charge in [-0.2, -0.15) is 0 Å². The highest BCUT2D eigenvalue weighted by molar-refractivity contribution is 5.24. The van der Waals surface area contributed by atoms with Crippen molar-refractivity contribution in [1.82, 2.24) is 0 Å². The molecule has 1 atom stereocenters. The quantitative estimate of drug-likeness (QED) is 0.671. The van der Waals surface area contributed by atoms with Crippen molar-refractivity contribution in [2.75, 3.05) is 6.54 Å². The van der Waals surface area contributed by atoms with E-state index >= 15 is 0 Å². The highest BCUT2D eigenvalue weighted by Gasteiger charge is 2.01. The van der Waals surface area contributed by atoms with Crippen LogP contribution in [0.5, 0.6) is 0 Å². The molecule has 0 saturated heterocycles. The minimum Gasteiger partial charge on any atom is -0.329 e. The van der Waals surface area contributed by atoms with Crippen LogP contribution in [0.4, 0.5) is 13.2 Å². The van der Waals surface area contributed by atoms with E-state index in [0.717, 1.165) is 0 Å². The van der Waals surface area contributed by atoms with Gasteiger partial charge in [0.05, 0.1) is 6.33 Å². The zero-order valence-corrected chi connectivity index (χ0v) is 8.24. The average molecular weight is 220 g/mol. The summed E-state index contributed by atoms with van der Waals surface area (Å²) in [6.45, 7) is 0.260. The average Bonchev–Trinajstić information content (AvgIpc) is 2.17. The Bertz CT molecular complexity index is 247. The van der Waals surface area contributed by atoms with E-state index in [1.165, 1.54) is 18.2 Å². The molecule has 0 aromatic rings. The van der Waals surface area contributed by atoms with Crippen LogP contribution >= 0.6 is 0 Å². The molecular formula is C10H15F3N2. The molecule has 0 aromatic heterocycles. The normalized spacial score (nSPS) is 15.7. The van der Waals surface area contributed by atoms with Gasteiger partial charge >= 0.3 is 0 Å². The number of nitrogens with two attached hydrogens (primary N) is 2. The first-order valence-electron chi connectivity index (χ1n) is 4.48. The minimum atomic E-state index is -2.51. The summed E-state index contributed by atoms with van der Waals surface area (Å²) in [5, 5.41) is 0. The molecule has 0 aliphatic carbocycles. The first-order valence-corrected chi connectivity index (χ1v) is 4.48. The van der Waals surface area contributed by atoms with Gasteiger partial charge in [0.1, 0.15) is 0 Å². The third kappa shape index (κ3) is 7.96. The van der Waals surface area contributed by atoms with Gasteiger partial charge in [-0.3, -0.25) is 0 Å². The Hall–Kier alpha value is -1.07. The molecule has 0 aliphatic rings. The molecule has 0 spiro atoms. The first kappa shape index (κ1) is 13.9. The zero-order chi connectivity index (χ0) is 11.7. The fourth-order valence-corrected chi connectivity index (χ4v) is 0.922. The third-order valence-electron chi connectivity index (χ3n) is 1.64. The number of hydrogen-bond acceptors (Lipinski definition) is 2. The minimum absolute atomic E-state index is 0.260. The summed E-state index contributed by atoms with van der Waals surface area (Å²) < 4.78 is 35.4. The van der Waals surface area contributed by atoms with Crippen LogP contribution in [0.3, 0.4) is 0 Å². The van der Waals surface area contributed by atoms with Gasteiger partial charge in [-0.15, -0.1) is 0 Å². The Labute approximate surface area is 87.1 Å². The van der Waals surface area contributed by atoms with E-state index in [2.05, 4.69) is 0 Å². The molecule has 4 N–H and O–H groups in total. The monoisotopic (exact) mass is 220 g/mol. The summed E-state index contributed by atoms with van der Waals surface area (Å²) in [6.07, 6.45) is 2.61. The van der Waals surface area contributed by atoms with Gasteiger partial charge in [0, 0.05) is 12.6 Å². The lowest BCUT2D eigenvalue weighted by Gasteiger charge is -2.08. The molecular weight excluding hydrogens is 205 g/mol. The van der Waals surface area contributed by atoms with Crippen molar-refractivity contribution in [2.45, 2.75) is 18.9 Å². The Morgan fingerprint density at radius 2 is 2.00 bits per heavy atom. The summed E-state index contributed by atoms with van der Waals surface area (Å²) in [5.74, 6) is 0. The van der Waals surface area contributed by atoms with Gasteiger partial charge in [0.15, 0.2) is 0 Å². The largest absolute Gasteiger partial charge is 0.329 e. The number of rotatable bonds is 6. The summed E-state index contributed by atoms with van der Waals surface area (Å²) in [4.78, 5) is 0. The van der Waals surface area contributed by atoms with E-state index in [4.69, 9.17) is 11.5 Å². The number of hydrogen-bond donors (Lipinski definition) is 2. The van der Waals surface area contributed by atoms with E-state index < -0.39 is 6.43 Å². The standard InChI is InChI=1S/C10H15F3N2/c11-5-4-8(6-9(15)7-14)2-1-3-10(12)13/h1-5,9-10H,6-7,14-15H2/b3-1+,5-4-,8-2+/t9-/m0/s1. The maximum Gasteiger partial charge on any atom is 0.257 e. The maximum absolute atomic E-state index is 11.9. The molecule has 0 radical (unpaired) electrons. The molecule has 0 bridgehead atoms. The van der Waals surface area contributed by atoms with E-state index in [-0.39, 0.29) is 12.6 Å². The lowest BCUT2D eigenvalue weighted by molar-refractivity contribution is 0.204. The molecule has 5 heteroatoms. The van der Waals surface area contributed by atoms with Gasteiger partial charge in [-0.1, -0.05) is 12.2 Å². The second-order valence-corrected chi connectivity index (χ2v) is 2.95. The lowest BCUT2D eigenvalue weighted by Crippen LogP contribution is -2.29. The highest BCUT2D eigenvalue weighted by atomic mass is 19.3. The Morgan fingerprint density at radius 3 is 2.47 bits per heavy atom. The molecule has 0 aliphatic heterocycles. The third-order valence-corrected chi connectivity index (χ3v) is 1.64. The van der Waals surface area contributed by atoms with Gasteiger partial charge in [0.2, 0.25) is 0 Å². The Kier molecular flexibility index (Phi) is 7.67. The lowest BCUT2D eigenvalue weighted by atomic mass is 10.1. The zero-order valence-electron chi connectivity index (χ0n) is 8.24. The van der Waals surface area contributed by atoms with Crippen LogP contribution < -0.4 is 11.5 Å². The summed E-state index contributed by atoms with van der Waals surface area (Å²) in [7, 11) is 0. The predicted octanol–water partition coefficient (Wildman–Crippen LogP) is 1.89. The number of halogens is 3. The van der Waals surface area contributed by atoms with Crippen LogP contribution in [0.25, 0.3) is 0 Å². The molecule has 86 valence electrons. The van der Waals surface area contributed by atoms with Crippen LogP contribution in [-0.4, -0.2) is 19.0 Å². The molecule has 0 heterocycles. The van der Waals surface area contributed by atoms with Crippen molar-refractivity contribution in [3.63, 3.8) is 0 Å². The molecule has 0 saturated carbocycles. The summed E-state index contributed by atoms with van der Waals surface area (Å²) in [5.41, 5.74) is 11.3. The number of alkyl halides is 2. The molecule has 0 aromatic carbocycles. The topological polar surface area (TPSA) is 52.0 Å². The van der Waals surface area contributed by atoms with Gasteiger partial charge in [-0.25, -0.2) is 13.2 Å². The van der Waals surface area contributed by atoms with Crippen molar-refractivity contribution in [3.05, 3.63) is 36.2 Å². The first-order chi connectivity index (χ1) is 7.10. The van der Waals surface area contributed by atoms with Crippen molar-refractivity contribution in [2.24, 2.45) is 11.5 Å². The van der Waals surface area contributed by atoms with E-state index in [1.807, 2.05) is 0 Å². The molecule has 0 rings (SSSR count). The number of allylic oxidation sites excluding steroid dienone is 4. The van der Waals surface area contributed by atoms with E-state index in [0.29, 0.717) is 24.4 Å². The molecule has 0 unspecified atom stereocenters. The van der Waals surface area contributed by atoms with Crippen LogP contribution in [0, 0.1) is 0 Å². The highest BCUT2D eigenvalue weighted by Crippen LogP contribution is 2.07. The van der Waals surface area contributed by atoms with Crippen LogP contribution in [0.1, 0.15) is 6.42 Å².